The molecule has 0 bridgehead atoms. The van der Waals surface area contributed by atoms with E-state index in [1.54, 1.807) is 12.1 Å². The molecule has 0 aliphatic carbocycles. The summed E-state index contributed by atoms with van der Waals surface area (Å²) in [6, 6.07) is 13.6. The minimum atomic E-state index is -0.333. The summed E-state index contributed by atoms with van der Waals surface area (Å²) >= 11 is 0. The molecule has 0 aliphatic heterocycles. The Balaban J connectivity index is 1.99. The van der Waals surface area contributed by atoms with Gasteiger partial charge >= 0.3 is 0 Å². The quantitative estimate of drug-likeness (QED) is 0.575. The molecule has 130 valence electrons. The molecule has 4 rings (SSSR count). The van der Waals surface area contributed by atoms with Crippen molar-refractivity contribution in [1.82, 2.24) is 14.1 Å². The predicted molar refractivity (Wildman–Crippen MR) is 99.7 cm³/mol. The van der Waals surface area contributed by atoms with Gasteiger partial charge in [-0.05, 0) is 43.7 Å². The van der Waals surface area contributed by atoms with Gasteiger partial charge in [-0.1, -0.05) is 24.8 Å². The van der Waals surface area contributed by atoms with Gasteiger partial charge in [-0.25, -0.2) is 0 Å². The molecule has 2 N–H and O–H groups in total. The van der Waals surface area contributed by atoms with Gasteiger partial charge in [0.05, 0.1) is 5.22 Å². The van der Waals surface area contributed by atoms with Crippen molar-refractivity contribution >= 4 is 18.3 Å². The van der Waals surface area contributed by atoms with Gasteiger partial charge in [0.15, 0.2) is 16.6 Å². The Kier molecular flexibility index (Phi) is 3.54. The standard InChI is InChI=1S/C20H18N4O2/c1-12-9-15(14(3)23(12)16-7-5-4-6-8-16)11-17-19(21)24-18(22-20(17)25)10-13(2)26-24/h4-11,21H,2H2,1,3H3,(H,22,25). The average molecular weight is 346 g/mol. The minimum absolute atomic E-state index is 0.0110. The molecule has 0 saturated carbocycles. The van der Waals surface area contributed by atoms with Crippen LogP contribution in [0, 0.1) is 19.3 Å². The highest BCUT2D eigenvalue weighted by molar-refractivity contribution is 5.56. The Morgan fingerprint density at radius 3 is 2.65 bits per heavy atom. The second kappa shape index (κ2) is 5.77. The number of hydrogen-bond acceptors (Lipinski definition) is 3. The highest BCUT2D eigenvalue weighted by Crippen LogP contribution is 2.20. The number of fused-ring (bicyclic) bond motifs is 1. The number of nitrogens with one attached hydrogen (secondary N) is 2. The third kappa shape index (κ3) is 2.43. The first-order valence-electron chi connectivity index (χ1n) is 8.21. The largest absolute Gasteiger partial charge is 0.372 e. The van der Waals surface area contributed by atoms with E-state index < -0.39 is 0 Å². The summed E-state index contributed by atoms with van der Waals surface area (Å²) in [6.07, 6.45) is 1.72. The SMILES string of the molecule is C=c1cc2[nH]c(=O)c(=Cc3cc(C)n(-c4ccccc4)c3C)c(=N)n2o1. The summed E-state index contributed by atoms with van der Waals surface area (Å²) in [7, 11) is 0. The average Bonchev–Trinajstić information content (AvgIpc) is 3.11. The Labute approximate surface area is 148 Å². The van der Waals surface area contributed by atoms with Crippen LogP contribution in [0.15, 0.2) is 51.8 Å². The monoisotopic (exact) mass is 346 g/mol. The molecule has 6 heteroatoms. The highest BCUT2D eigenvalue weighted by atomic mass is 16.5. The van der Waals surface area contributed by atoms with Gasteiger partial charge in [-0.2, -0.15) is 0 Å². The summed E-state index contributed by atoms with van der Waals surface area (Å²) in [5.41, 5.74) is 4.44. The Hall–Kier alpha value is -3.54. The lowest BCUT2D eigenvalue weighted by Crippen LogP contribution is -2.44. The fourth-order valence-electron chi connectivity index (χ4n) is 3.25. The van der Waals surface area contributed by atoms with Crippen LogP contribution in [0.1, 0.15) is 17.0 Å². The van der Waals surface area contributed by atoms with Crippen molar-refractivity contribution in [3.8, 4) is 5.69 Å². The highest BCUT2D eigenvalue weighted by Gasteiger charge is 2.10. The summed E-state index contributed by atoms with van der Waals surface area (Å²) in [5, 5.41) is 8.56. The molecule has 6 nitrogen and oxygen atoms in total. The van der Waals surface area contributed by atoms with Gasteiger partial charge in [-0.3, -0.25) is 10.2 Å². The lowest BCUT2D eigenvalue weighted by Gasteiger charge is -2.09. The topological polar surface area (TPSA) is 79.2 Å². The first-order valence-corrected chi connectivity index (χ1v) is 8.21. The molecule has 0 amide bonds. The van der Waals surface area contributed by atoms with Gasteiger partial charge in [0.1, 0.15) is 0 Å². The van der Waals surface area contributed by atoms with Crippen LogP contribution < -0.4 is 21.7 Å². The number of benzene rings is 1. The fraction of sp³-hybridized carbons (Fsp3) is 0.100. The zero-order valence-corrected chi connectivity index (χ0v) is 14.5. The third-order valence-corrected chi connectivity index (χ3v) is 4.45. The van der Waals surface area contributed by atoms with Crippen LogP contribution in [0.2, 0.25) is 0 Å². The third-order valence-electron chi connectivity index (χ3n) is 4.45. The van der Waals surface area contributed by atoms with Crippen molar-refractivity contribution in [2.75, 3.05) is 0 Å². The van der Waals surface area contributed by atoms with Crippen molar-refractivity contribution in [3.63, 3.8) is 0 Å². The first-order chi connectivity index (χ1) is 12.5. The van der Waals surface area contributed by atoms with E-state index in [2.05, 4.69) is 16.1 Å². The fourth-order valence-corrected chi connectivity index (χ4v) is 3.25. The normalized spacial score (nSPS) is 12.2. The predicted octanol–water partition coefficient (Wildman–Crippen LogP) is 1.35. The summed E-state index contributed by atoms with van der Waals surface area (Å²) < 4.78 is 8.77. The zero-order valence-electron chi connectivity index (χ0n) is 14.5. The molecule has 0 aliphatic rings. The molecule has 3 heterocycles. The lowest BCUT2D eigenvalue weighted by molar-refractivity contribution is 0.336. The molecule has 0 saturated heterocycles. The lowest BCUT2D eigenvalue weighted by atomic mass is 10.2. The smallest absolute Gasteiger partial charge is 0.260 e. The van der Waals surface area contributed by atoms with Crippen LogP contribution >= 0.6 is 0 Å². The molecule has 0 radical (unpaired) electrons. The van der Waals surface area contributed by atoms with Crippen molar-refractivity contribution in [1.29, 1.82) is 5.41 Å². The van der Waals surface area contributed by atoms with E-state index in [1.165, 1.54) is 4.57 Å². The maximum Gasteiger partial charge on any atom is 0.260 e. The van der Waals surface area contributed by atoms with Crippen molar-refractivity contribution in [2.45, 2.75) is 13.8 Å². The maximum absolute atomic E-state index is 12.5. The first kappa shape index (κ1) is 16.0. The molecule has 0 atom stereocenters. The van der Waals surface area contributed by atoms with E-state index in [4.69, 9.17) is 9.93 Å². The van der Waals surface area contributed by atoms with Crippen LogP contribution in [0.4, 0.5) is 0 Å². The Morgan fingerprint density at radius 2 is 1.92 bits per heavy atom. The van der Waals surface area contributed by atoms with Gasteiger partial charge < -0.3 is 14.1 Å². The van der Waals surface area contributed by atoms with Crippen LogP contribution in [0.3, 0.4) is 0 Å². The van der Waals surface area contributed by atoms with Gasteiger partial charge in [0.25, 0.3) is 5.56 Å². The molecule has 1 aromatic carbocycles. The molecule has 3 aromatic heterocycles. The number of aromatic amines is 1. The second-order valence-electron chi connectivity index (χ2n) is 6.24. The van der Waals surface area contributed by atoms with Crippen LogP contribution in [-0.2, 0) is 0 Å². The molecule has 0 spiro atoms. The number of nitrogens with zero attached hydrogens (tertiary/aromatic N) is 2. The van der Waals surface area contributed by atoms with Gasteiger partial charge in [-0.15, -0.1) is 4.57 Å². The van der Waals surface area contributed by atoms with Crippen molar-refractivity contribution < 1.29 is 4.52 Å². The van der Waals surface area contributed by atoms with Crippen molar-refractivity contribution in [3.05, 3.63) is 85.9 Å². The van der Waals surface area contributed by atoms with E-state index in [0.717, 1.165) is 22.6 Å². The molecular weight excluding hydrogens is 328 g/mol. The number of aryl methyl sites for hydroxylation is 1. The molecule has 26 heavy (non-hydrogen) atoms. The Bertz CT molecular complexity index is 1350. The number of rotatable bonds is 2. The summed E-state index contributed by atoms with van der Waals surface area (Å²) in [4.78, 5) is 15.2. The zero-order chi connectivity index (χ0) is 18.4. The van der Waals surface area contributed by atoms with E-state index >= 15 is 0 Å². The van der Waals surface area contributed by atoms with Crippen LogP contribution in [0.5, 0.6) is 0 Å². The summed E-state index contributed by atoms with van der Waals surface area (Å²) in [5.74, 6) is 0. The Morgan fingerprint density at radius 1 is 1.19 bits per heavy atom. The maximum atomic E-state index is 12.5. The minimum Gasteiger partial charge on any atom is -0.372 e. The van der Waals surface area contributed by atoms with Crippen LogP contribution in [0.25, 0.3) is 24.0 Å². The molecular formula is C20H18N4O2. The van der Waals surface area contributed by atoms with Crippen LogP contribution in [-0.4, -0.2) is 14.1 Å². The molecule has 4 aromatic rings. The summed E-state index contributed by atoms with van der Waals surface area (Å²) in [6.45, 7) is 7.71. The van der Waals surface area contributed by atoms with E-state index in [9.17, 15) is 4.79 Å². The number of aromatic nitrogens is 3. The van der Waals surface area contributed by atoms with Gasteiger partial charge in [0.2, 0.25) is 0 Å². The second-order valence-corrected chi connectivity index (χ2v) is 6.24. The van der Waals surface area contributed by atoms with E-state index in [1.807, 2.05) is 50.2 Å². The molecule has 0 fully saturated rings. The number of hydrogen-bond donors (Lipinski definition) is 2. The van der Waals surface area contributed by atoms with Gasteiger partial charge in [0, 0.05) is 23.1 Å². The number of H-pyrrole nitrogens is 1. The van der Waals surface area contributed by atoms with Crippen molar-refractivity contribution in [2.24, 2.45) is 0 Å². The molecule has 0 unspecified atom stereocenters. The van der Waals surface area contributed by atoms with E-state index in [-0.39, 0.29) is 16.3 Å². The number of para-hydroxylation sites is 1. The van der Waals surface area contributed by atoms with E-state index in [0.29, 0.717) is 11.1 Å².